The zero-order valence-corrected chi connectivity index (χ0v) is 11.2. The SMILES string of the molecule is C=CCC(C#N)(CC)N=NC(C#N)(CC)CC=C. The van der Waals surface area contributed by atoms with E-state index in [4.69, 9.17) is 0 Å². The third-order valence-corrected chi connectivity index (χ3v) is 2.98. The molecule has 0 spiro atoms. The Labute approximate surface area is 109 Å². The average molecular weight is 244 g/mol. The van der Waals surface area contributed by atoms with E-state index in [9.17, 15) is 10.5 Å². The molecule has 0 saturated carbocycles. The molecule has 2 atom stereocenters. The first-order valence-corrected chi connectivity index (χ1v) is 6.06. The molecule has 0 aliphatic carbocycles. The van der Waals surface area contributed by atoms with Crippen LogP contribution in [0.5, 0.6) is 0 Å². The highest BCUT2D eigenvalue weighted by Gasteiger charge is 2.31. The Morgan fingerprint density at radius 1 is 0.944 bits per heavy atom. The third-order valence-electron chi connectivity index (χ3n) is 2.98. The van der Waals surface area contributed by atoms with Gasteiger partial charge in [-0.1, -0.05) is 26.0 Å². The zero-order valence-electron chi connectivity index (χ0n) is 11.2. The second-order valence-electron chi connectivity index (χ2n) is 4.18. The molecular formula is C14H20N4. The van der Waals surface area contributed by atoms with Gasteiger partial charge in [-0.15, -0.1) is 13.2 Å². The van der Waals surface area contributed by atoms with Crippen molar-refractivity contribution in [2.45, 2.75) is 50.6 Å². The highest BCUT2D eigenvalue weighted by atomic mass is 15.2. The Morgan fingerprint density at radius 2 is 1.28 bits per heavy atom. The standard InChI is InChI=1S/C14H20N4/c1-5-9-13(7-3,11-15)17-18-14(8-4,12-16)10-6-2/h5-6H,1-2,7-10H2,3-4H3. The summed E-state index contributed by atoms with van der Waals surface area (Å²) in [7, 11) is 0. The topological polar surface area (TPSA) is 72.3 Å². The molecule has 0 aromatic carbocycles. The first-order chi connectivity index (χ1) is 8.57. The van der Waals surface area contributed by atoms with E-state index in [0.717, 1.165) is 0 Å². The minimum absolute atomic E-state index is 0.433. The monoisotopic (exact) mass is 244 g/mol. The molecule has 0 aliphatic heterocycles. The number of rotatable bonds is 8. The molecule has 4 nitrogen and oxygen atoms in total. The van der Waals surface area contributed by atoms with Gasteiger partial charge in [-0.05, 0) is 12.8 Å². The van der Waals surface area contributed by atoms with Crippen molar-refractivity contribution in [3.8, 4) is 12.1 Å². The maximum atomic E-state index is 9.23. The highest BCUT2D eigenvalue weighted by molar-refractivity contribution is 5.13. The highest BCUT2D eigenvalue weighted by Crippen LogP contribution is 2.26. The third kappa shape index (κ3) is 3.82. The molecule has 18 heavy (non-hydrogen) atoms. The van der Waals surface area contributed by atoms with E-state index in [2.05, 4.69) is 35.5 Å². The summed E-state index contributed by atoms with van der Waals surface area (Å²) in [5.74, 6) is 0. The van der Waals surface area contributed by atoms with Gasteiger partial charge < -0.3 is 0 Å². The molecule has 0 aromatic heterocycles. The lowest BCUT2D eigenvalue weighted by molar-refractivity contribution is 0.434. The Morgan fingerprint density at radius 3 is 1.44 bits per heavy atom. The Balaban J connectivity index is 5.29. The molecule has 0 radical (unpaired) electrons. The molecule has 0 rings (SSSR count). The number of azo groups is 1. The van der Waals surface area contributed by atoms with E-state index in [1.54, 1.807) is 12.2 Å². The molecule has 4 heteroatoms. The van der Waals surface area contributed by atoms with E-state index in [1.807, 2.05) is 13.8 Å². The quantitative estimate of drug-likeness (QED) is 0.479. The van der Waals surface area contributed by atoms with Gasteiger partial charge in [0.25, 0.3) is 0 Å². The summed E-state index contributed by atoms with van der Waals surface area (Å²) in [6, 6.07) is 4.32. The average Bonchev–Trinajstić information content (AvgIpc) is 2.42. The molecule has 0 aromatic rings. The van der Waals surface area contributed by atoms with E-state index in [-0.39, 0.29) is 0 Å². The molecule has 0 N–H and O–H groups in total. The Kier molecular flexibility index (Phi) is 6.60. The summed E-state index contributed by atoms with van der Waals surface area (Å²) < 4.78 is 0. The minimum atomic E-state index is -0.903. The summed E-state index contributed by atoms with van der Waals surface area (Å²) in [4.78, 5) is 0. The van der Waals surface area contributed by atoms with Gasteiger partial charge in [-0.25, -0.2) is 0 Å². The smallest absolute Gasteiger partial charge is 0.170 e. The predicted molar refractivity (Wildman–Crippen MR) is 71.8 cm³/mol. The van der Waals surface area contributed by atoms with Crippen molar-refractivity contribution in [2.24, 2.45) is 10.2 Å². The van der Waals surface area contributed by atoms with E-state index in [1.165, 1.54) is 0 Å². The molecule has 2 unspecified atom stereocenters. The largest absolute Gasteiger partial charge is 0.196 e. The van der Waals surface area contributed by atoms with Gasteiger partial charge in [0.2, 0.25) is 0 Å². The molecule has 0 amide bonds. The van der Waals surface area contributed by atoms with Crippen LogP contribution in [-0.4, -0.2) is 11.1 Å². The van der Waals surface area contributed by atoms with E-state index < -0.39 is 11.1 Å². The predicted octanol–water partition coefficient (Wildman–Crippen LogP) is 3.94. The summed E-state index contributed by atoms with van der Waals surface area (Å²) >= 11 is 0. The van der Waals surface area contributed by atoms with Crippen molar-refractivity contribution in [3.63, 3.8) is 0 Å². The van der Waals surface area contributed by atoms with Crippen molar-refractivity contribution in [3.05, 3.63) is 25.3 Å². The van der Waals surface area contributed by atoms with Gasteiger partial charge in [0.05, 0.1) is 12.1 Å². The molecule has 0 bridgehead atoms. The van der Waals surface area contributed by atoms with Crippen molar-refractivity contribution in [1.82, 2.24) is 0 Å². The van der Waals surface area contributed by atoms with Crippen LogP contribution < -0.4 is 0 Å². The van der Waals surface area contributed by atoms with Crippen LogP contribution in [-0.2, 0) is 0 Å². The van der Waals surface area contributed by atoms with Gasteiger partial charge in [-0.2, -0.15) is 20.8 Å². The van der Waals surface area contributed by atoms with Crippen molar-refractivity contribution >= 4 is 0 Å². The maximum Gasteiger partial charge on any atom is 0.170 e. The Bertz CT molecular complexity index is 361. The molecule has 96 valence electrons. The zero-order chi connectivity index (χ0) is 14.1. The number of nitriles is 2. The van der Waals surface area contributed by atoms with Crippen LogP contribution in [0.15, 0.2) is 35.5 Å². The number of nitrogens with zero attached hydrogens (tertiary/aromatic N) is 4. The first-order valence-electron chi connectivity index (χ1n) is 6.06. The maximum absolute atomic E-state index is 9.23. The van der Waals surface area contributed by atoms with Gasteiger partial charge >= 0.3 is 0 Å². The molecular weight excluding hydrogens is 224 g/mol. The van der Waals surface area contributed by atoms with E-state index in [0.29, 0.717) is 25.7 Å². The van der Waals surface area contributed by atoms with Crippen molar-refractivity contribution in [1.29, 1.82) is 10.5 Å². The van der Waals surface area contributed by atoms with Crippen LogP contribution in [0.1, 0.15) is 39.5 Å². The van der Waals surface area contributed by atoms with Crippen molar-refractivity contribution in [2.75, 3.05) is 0 Å². The van der Waals surface area contributed by atoms with Crippen LogP contribution >= 0.6 is 0 Å². The van der Waals surface area contributed by atoms with Crippen LogP contribution in [0, 0.1) is 22.7 Å². The summed E-state index contributed by atoms with van der Waals surface area (Å²) in [6.07, 6.45) is 5.25. The lowest BCUT2D eigenvalue weighted by atomic mass is 9.93. The number of hydrogen-bond donors (Lipinski definition) is 0. The van der Waals surface area contributed by atoms with Gasteiger partial charge in [0, 0.05) is 12.8 Å². The summed E-state index contributed by atoms with van der Waals surface area (Å²) in [6.45, 7) is 11.0. The van der Waals surface area contributed by atoms with E-state index >= 15 is 0 Å². The molecule has 0 fully saturated rings. The summed E-state index contributed by atoms with van der Waals surface area (Å²) in [5, 5.41) is 26.7. The van der Waals surface area contributed by atoms with Crippen LogP contribution in [0.2, 0.25) is 0 Å². The first kappa shape index (κ1) is 16.1. The molecule has 0 aliphatic rings. The second kappa shape index (κ2) is 7.40. The van der Waals surface area contributed by atoms with Gasteiger partial charge in [0.1, 0.15) is 0 Å². The van der Waals surface area contributed by atoms with Crippen LogP contribution in [0.4, 0.5) is 0 Å². The second-order valence-corrected chi connectivity index (χ2v) is 4.18. The fourth-order valence-electron chi connectivity index (χ4n) is 1.47. The lowest BCUT2D eigenvalue weighted by Gasteiger charge is -2.21. The molecule has 0 heterocycles. The fraction of sp³-hybridized carbons (Fsp3) is 0.571. The number of hydrogen-bond acceptors (Lipinski definition) is 4. The Hall–Kier alpha value is -1.94. The fourth-order valence-corrected chi connectivity index (χ4v) is 1.47. The van der Waals surface area contributed by atoms with Gasteiger partial charge in [0.15, 0.2) is 11.1 Å². The normalized spacial score (nSPS) is 17.1. The lowest BCUT2D eigenvalue weighted by Crippen LogP contribution is -2.26. The van der Waals surface area contributed by atoms with Crippen LogP contribution in [0.25, 0.3) is 0 Å². The summed E-state index contributed by atoms with van der Waals surface area (Å²) in [5.41, 5.74) is -1.81. The van der Waals surface area contributed by atoms with Crippen LogP contribution in [0.3, 0.4) is 0 Å². The van der Waals surface area contributed by atoms with Crippen molar-refractivity contribution < 1.29 is 0 Å². The minimum Gasteiger partial charge on any atom is -0.196 e. The van der Waals surface area contributed by atoms with Gasteiger partial charge in [-0.3, -0.25) is 0 Å². The molecule has 0 saturated heterocycles.